The van der Waals surface area contributed by atoms with Crippen molar-refractivity contribution >= 4 is 17.3 Å². The Labute approximate surface area is 98.5 Å². The zero-order valence-corrected chi connectivity index (χ0v) is 10.1. The fourth-order valence-electron chi connectivity index (χ4n) is 2.35. The lowest BCUT2D eigenvalue weighted by Crippen LogP contribution is -2.19. The maximum absolute atomic E-state index is 11.3. The first-order chi connectivity index (χ1) is 7.63. The predicted octanol–water partition coefficient (Wildman–Crippen LogP) is 2.84. The molecule has 86 valence electrons. The molecule has 0 spiro atoms. The van der Waals surface area contributed by atoms with E-state index in [0.717, 1.165) is 23.4 Å². The number of thiazole rings is 1. The van der Waals surface area contributed by atoms with Crippen LogP contribution >= 0.6 is 11.3 Å². The van der Waals surface area contributed by atoms with Crippen molar-refractivity contribution in [3.05, 3.63) is 15.6 Å². The number of carboxylic acid groups (broad SMARTS) is 1. The van der Waals surface area contributed by atoms with Crippen molar-refractivity contribution in [1.29, 1.82) is 0 Å². The van der Waals surface area contributed by atoms with E-state index in [1.54, 1.807) is 11.3 Å². The molecule has 2 aliphatic rings. The van der Waals surface area contributed by atoms with E-state index in [1.807, 2.05) is 6.92 Å². The minimum atomic E-state index is -0.667. The fraction of sp³-hybridized carbons (Fsp3) is 0.667. The Balaban J connectivity index is 1.95. The number of hydrogen-bond acceptors (Lipinski definition) is 3. The molecule has 0 radical (unpaired) electrons. The van der Waals surface area contributed by atoms with Crippen LogP contribution in [0, 0.1) is 6.92 Å². The van der Waals surface area contributed by atoms with Crippen molar-refractivity contribution in [2.75, 3.05) is 0 Å². The van der Waals surface area contributed by atoms with Gasteiger partial charge in [0.1, 0.15) is 5.41 Å². The van der Waals surface area contributed by atoms with Gasteiger partial charge in [-0.15, -0.1) is 11.3 Å². The summed E-state index contributed by atoms with van der Waals surface area (Å²) in [5.41, 5.74) is 0.385. The lowest BCUT2D eigenvalue weighted by Gasteiger charge is -2.22. The molecule has 0 amide bonds. The van der Waals surface area contributed by atoms with Crippen molar-refractivity contribution < 1.29 is 9.90 Å². The molecular weight excluding hydrogens is 222 g/mol. The fourth-order valence-corrected chi connectivity index (χ4v) is 3.83. The lowest BCUT2D eigenvalue weighted by molar-refractivity contribution is -0.139. The van der Waals surface area contributed by atoms with Crippen molar-refractivity contribution in [2.45, 2.75) is 50.4 Å². The summed E-state index contributed by atoms with van der Waals surface area (Å²) in [6.07, 6.45) is 5.33. The van der Waals surface area contributed by atoms with Crippen LogP contribution < -0.4 is 0 Å². The van der Waals surface area contributed by atoms with Crippen LogP contribution in [0.4, 0.5) is 0 Å². The summed E-state index contributed by atoms with van der Waals surface area (Å²) in [5.74, 6) is -0.0542. The Bertz CT molecular complexity index is 444. The number of hydrogen-bond donors (Lipinski definition) is 1. The topological polar surface area (TPSA) is 50.2 Å². The molecule has 1 heterocycles. The summed E-state index contributed by atoms with van der Waals surface area (Å²) in [4.78, 5) is 16.9. The summed E-state index contributed by atoms with van der Waals surface area (Å²) >= 11 is 1.65. The number of aromatic nitrogens is 1. The molecule has 1 aromatic rings. The maximum atomic E-state index is 11.3. The van der Waals surface area contributed by atoms with Gasteiger partial charge in [-0.2, -0.15) is 0 Å². The van der Waals surface area contributed by atoms with Gasteiger partial charge < -0.3 is 5.11 Å². The Morgan fingerprint density at radius 3 is 2.62 bits per heavy atom. The Kier molecular flexibility index (Phi) is 2.11. The van der Waals surface area contributed by atoms with Gasteiger partial charge in [-0.1, -0.05) is 6.42 Å². The molecule has 0 bridgehead atoms. The van der Waals surface area contributed by atoms with Gasteiger partial charge in [0, 0.05) is 10.8 Å². The van der Waals surface area contributed by atoms with E-state index in [-0.39, 0.29) is 0 Å². The molecule has 0 aromatic carbocycles. The molecule has 1 aromatic heterocycles. The SMILES string of the molecule is Cc1nc(C2CCC2)sc1C1(C(=O)O)CC1. The van der Waals surface area contributed by atoms with Gasteiger partial charge >= 0.3 is 5.97 Å². The summed E-state index contributed by atoms with van der Waals surface area (Å²) in [6, 6.07) is 0. The van der Waals surface area contributed by atoms with E-state index in [0.29, 0.717) is 5.92 Å². The molecular formula is C12H15NO2S. The first-order valence-corrected chi connectivity index (χ1v) is 6.66. The van der Waals surface area contributed by atoms with Gasteiger partial charge in [0.25, 0.3) is 0 Å². The number of aliphatic carboxylic acids is 1. The van der Waals surface area contributed by atoms with Crippen LogP contribution in [-0.4, -0.2) is 16.1 Å². The molecule has 16 heavy (non-hydrogen) atoms. The molecule has 0 atom stereocenters. The third-order valence-corrected chi connectivity index (χ3v) is 5.39. The Morgan fingerprint density at radius 1 is 1.50 bits per heavy atom. The molecule has 2 fully saturated rings. The number of rotatable bonds is 3. The molecule has 3 nitrogen and oxygen atoms in total. The first-order valence-electron chi connectivity index (χ1n) is 5.85. The highest BCUT2D eigenvalue weighted by Crippen LogP contribution is 2.53. The highest BCUT2D eigenvalue weighted by molar-refractivity contribution is 7.12. The third-order valence-electron chi connectivity index (χ3n) is 3.86. The minimum Gasteiger partial charge on any atom is -0.481 e. The second kappa shape index (κ2) is 3.29. The van der Waals surface area contributed by atoms with E-state index in [4.69, 9.17) is 0 Å². The molecule has 3 rings (SSSR count). The monoisotopic (exact) mass is 237 g/mol. The van der Waals surface area contributed by atoms with Crippen molar-refractivity contribution in [2.24, 2.45) is 0 Å². The molecule has 1 N–H and O–H groups in total. The highest BCUT2D eigenvalue weighted by Gasteiger charge is 2.54. The van der Waals surface area contributed by atoms with Gasteiger partial charge in [0.15, 0.2) is 0 Å². The largest absolute Gasteiger partial charge is 0.481 e. The van der Waals surface area contributed by atoms with Gasteiger partial charge in [-0.05, 0) is 32.6 Å². The Hall–Kier alpha value is -0.900. The number of aryl methyl sites for hydroxylation is 1. The third kappa shape index (κ3) is 1.32. The van der Waals surface area contributed by atoms with Gasteiger partial charge in [0.05, 0.1) is 10.7 Å². The summed E-state index contributed by atoms with van der Waals surface area (Å²) in [5, 5.41) is 10.5. The van der Waals surface area contributed by atoms with E-state index >= 15 is 0 Å². The van der Waals surface area contributed by atoms with Crippen LogP contribution in [-0.2, 0) is 10.2 Å². The van der Waals surface area contributed by atoms with Crippen LogP contribution in [0.2, 0.25) is 0 Å². The summed E-state index contributed by atoms with van der Waals surface area (Å²) in [6.45, 7) is 1.96. The number of nitrogens with zero attached hydrogens (tertiary/aromatic N) is 1. The smallest absolute Gasteiger partial charge is 0.315 e. The van der Waals surface area contributed by atoms with Crippen LogP contribution in [0.25, 0.3) is 0 Å². The number of carboxylic acids is 1. The second-order valence-corrected chi connectivity index (χ2v) is 6.01. The molecule has 4 heteroatoms. The lowest BCUT2D eigenvalue weighted by atomic mass is 9.86. The first kappa shape index (κ1) is 10.3. The maximum Gasteiger partial charge on any atom is 0.315 e. The van der Waals surface area contributed by atoms with Crippen LogP contribution in [0.5, 0.6) is 0 Å². The van der Waals surface area contributed by atoms with E-state index in [2.05, 4.69) is 4.98 Å². The average Bonchev–Trinajstić information content (AvgIpc) is 2.85. The molecule has 0 saturated heterocycles. The van der Waals surface area contributed by atoms with Gasteiger partial charge in [-0.25, -0.2) is 4.98 Å². The van der Waals surface area contributed by atoms with Crippen LogP contribution in [0.3, 0.4) is 0 Å². The van der Waals surface area contributed by atoms with Gasteiger partial charge in [0.2, 0.25) is 0 Å². The minimum absolute atomic E-state index is 0.566. The quantitative estimate of drug-likeness (QED) is 0.879. The van der Waals surface area contributed by atoms with Crippen molar-refractivity contribution in [3.8, 4) is 0 Å². The second-order valence-electron chi connectivity index (χ2n) is 4.98. The summed E-state index contributed by atoms with van der Waals surface area (Å²) in [7, 11) is 0. The van der Waals surface area contributed by atoms with Crippen molar-refractivity contribution in [3.63, 3.8) is 0 Å². The Morgan fingerprint density at radius 2 is 2.19 bits per heavy atom. The molecule has 0 unspecified atom stereocenters. The van der Waals surface area contributed by atoms with Crippen LogP contribution in [0.15, 0.2) is 0 Å². The molecule has 0 aliphatic heterocycles. The van der Waals surface area contributed by atoms with E-state index in [1.165, 1.54) is 24.3 Å². The highest BCUT2D eigenvalue weighted by atomic mass is 32.1. The van der Waals surface area contributed by atoms with Gasteiger partial charge in [-0.3, -0.25) is 4.79 Å². The summed E-state index contributed by atoms with van der Waals surface area (Å²) < 4.78 is 0. The molecule has 2 aliphatic carbocycles. The van der Waals surface area contributed by atoms with E-state index < -0.39 is 11.4 Å². The zero-order chi connectivity index (χ0) is 11.3. The standard InChI is InChI=1S/C12H15NO2S/c1-7-9(12(5-6-12)11(14)15)16-10(13-7)8-3-2-4-8/h8H,2-6H2,1H3,(H,14,15). The van der Waals surface area contributed by atoms with E-state index in [9.17, 15) is 9.90 Å². The molecule has 2 saturated carbocycles. The van der Waals surface area contributed by atoms with Crippen LogP contribution in [0.1, 0.15) is 53.6 Å². The zero-order valence-electron chi connectivity index (χ0n) is 9.32. The number of carbonyl (C=O) groups is 1. The predicted molar refractivity (Wildman–Crippen MR) is 62.0 cm³/mol. The normalized spacial score (nSPS) is 22.8. The average molecular weight is 237 g/mol. The van der Waals surface area contributed by atoms with Crippen molar-refractivity contribution in [1.82, 2.24) is 4.98 Å².